The lowest BCUT2D eigenvalue weighted by molar-refractivity contribution is 0.276. The summed E-state index contributed by atoms with van der Waals surface area (Å²) in [6.07, 6.45) is 1.84. The van der Waals surface area contributed by atoms with E-state index in [1.165, 1.54) is 16.3 Å². The number of hydrogen-bond acceptors (Lipinski definition) is 2. The summed E-state index contributed by atoms with van der Waals surface area (Å²) in [6, 6.07) is 8.30. The van der Waals surface area contributed by atoms with Crippen molar-refractivity contribution in [1.29, 1.82) is 0 Å². The first-order valence-electron chi connectivity index (χ1n) is 5.66. The molecule has 17 heavy (non-hydrogen) atoms. The molecule has 3 nitrogen and oxygen atoms in total. The van der Waals surface area contributed by atoms with Crippen LogP contribution >= 0.6 is 0 Å². The fourth-order valence-electron chi connectivity index (χ4n) is 2.50. The van der Waals surface area contributed by atoms with Crippen molar-refractivity contribution in [2.24, 2.45) is 7.05 Å². The van der Waals surface area contributed by atoms with Crippen LogP contribution in [-0.2, 0) is 13.7 Å². The average Bonchev–Trinajstić information content (AvgIpc) is 2.65. The molecular weight excluding hydrogens is 212 g/mol. The van der Waals surface area contributed by atoms with E-state index in [1.807, 2.05) is 32.3 Å². The summed E-state index contributed by atoms with van der Waals surface area (Å²) in [7, 11) is 2.05. The second-order valence-electron chi connectivity index (χ2n) is 4.32. The molecule has 1 aromatic carbocycles. The fraction of sp³-hybridized carbons (Fsp3) is 0.214. The van der Waals surface area contributed by atoms with Gasteiger partial charge in [-0.2, -0.15) is 0 Å². The van der Waals surface area contributed by atoms with Crippen LogP contribution in [0.5, 0.6) is 0 Å². The smallest absolute Gasteiger partial charge is 0.0855 e. The minimum absolute atomic E-state index is 0.00893. The number of aliphatic hydroxyl groups is 1. The highest BCUT2D eigenvalue weighted by atomic mass is 16.3. The summed E-state index contributed by atoms with van der Waals surface area (Å²) in [4.78, 5) is 4.31. The maximum Gasteiger partial charge on any atom is 0.0855 e. The van der Waals surface area contributed by atoms with Crippen molar-refractivity contribution in [3.8, 4) is 0 Å². The molecule has 0 bridgehead atoms. The van der Waals surface area contributed by atoms with Gasteiger partial charge in [0.15, 0.2) is 0 Å². The molecule has 0 radical (unpaired) electrons. The number of pyridine rings is 1. The summed E-state index contributed by atoms with van der Waals surface area (Å²) in [5.41, 5.74) is 4.14. The third-order valence-electron chi connectivity index (χ3n) is 3.45. The van der Waals surface area contributed by atoms with Gasteiger partial charge >= 0.3 is 0 Å². The Bertz CT molecular complexity index is 713. The zero-order valence-corrected chi connectivity index (χ0v) is 9.94. The predicted octanol–water partition coefficient (Wildman–Crippen LogP) is 2.53. The van der Waals surface area contributed by atoms with Crippen LogP contribution in [0.15, 0.2) is 30.5 Å². The van der Waals surface area contributed by atoms with Crippen LogP contribution < -0.4 is 0 Å². The Morgan fingerprint density at radius 3 is 2.76 bits per heavy atom. The monoisotopic (exact) mass is 226 g/mol. The maximum absolute atomic E-state index is 9.29. The highest BCUT2D eigenvalue weighted by Gasteiger charge is 2.12. The Morgan fingerprint density at radius 2 is 2.00 bits per heavy atom. The zero-order valence-electron chi connectivity index (χ0n) is 9.94. The first-order chi connectivity index (χ1) is 8.24. The van der Waals surface area contributed by atoms with E-state index < -0.39 is 0 Å². The Hall–Kier alpha value is -1.87. The number of rotatable bonds is 1. The Kier molecular flexibility index (Phi) is 2.16. The molecule has 3 rings (SSSR count). The summed E-state index contributed by atoms with van der Waals surface area (Å²) in [5.74, 6) is 0. The first kappa shape index (κ1) is 10.3. The largest absolute Gasteiger partial charge is 0.390 e. The van der Waals surface area contributed by atoms with E-state index in [0.717, 1.165) is 16.8 Å². The molecule has 0 atom stereocenters. The van der Waals surface area contributed by atoms with Crippen LogP contribution in [0.1, 0.15) is 11.3 Å². The van der Waals surface area contributed by atoms with Crippen LogP contribution in [0.25, 0.3) is 21.8 Å². The second-order valence-corrected chi connectivity index (χ2v) is 4.32. The standard InChI is InChI=1S/C14H14N2O/c1-9-11(8-17)15-7-13-14(9)10-5-3-4-6-12(10)16(13)2/h3-7,17H,8H2,1-2H3. The summed E-state index contributed by atoms with van der Waals surface area (Å²) in [5, 5.41) is 11.7. The molecule has 0 saturated carbocycles. The van der Waals surface area contributed by atoms with E-state index >= 15 is 0 Å². The van der Waals surface area contributed by atoms with Crippen molar-refractivity contribution in [2.45, 2.75) is 13.5 Å². The maximum atomic E-state index is 9.29. The third-order valence-corrected chi connectivity index (χ3v) is 3.45. The molecule has 1 N–H and O–H groups in total. The lowest BCUT2D eigenvalue weighted by atomic mass is 10.1. The molecule has 0 aliphatic heterocycles. The van der Waals surface area contributed by atoms with Crippen molar-refractivity contribution < 1.29 is 5.11 Å². The summed E-state index contributed by atoms with van der Waals surface area (Å²) in [6.45, 7) is 2.01. The third kappa shape index (κ3) is 1.29. The van der Waals surface area contributed by atoms with Gasteiger partial charge in [0.1, 0.15) is 0 Å². The fourth-order valence-corrected chi connectivity index (χ4v) is 2.50. The number of para-hydroxylation sites is 1. The van der Waals surface area contributed by atoms with Gasteiger partial charge in [-0.05, 0) is 18.6 Å². The van der Waals surface area contributed by atoms with Crippen molar-refractivity contribution in [3.63, 3.8) is 0 Å². The Labute approximate surface area is 99.3 Å². The van der Waals surface area contributed by atoms with Crippen molar-refractivity contribution in [3.05, 3.63) is 41.7 Å². The molecule has 0 aliphatic rings. The van der Waals surface area contributed by atoms with Gasteiger partial charge in [-0.3, -0.25) is 4.98 Å². The highest BCUT2D eigenvalue weighted by molar-refractivity contribution is 6.09. The molecule has 0 amide bonds. The van der Waals surface area contributed by atoms with E-state index in [4.69, 9.17) is 0 Å². The average molecular weight is 226 g/mol. The molecule has 0 spiro atoms. The van der Waals surface area contributed by atoms with Gasteiger partial charge in [0, 0.05) is 23.3 Å². The van der Waals surface area contributed by atoms with E-state index in [0.29, 0.717) is 0 Å². The molecule has 2 heterocycles. The number of aryl methyl sites for hydroxylation is 2. The van der Waals surface area contributed by atoms with Gasteiger partial charge in [-0.1, -0.05) is 18.2 Å². The van der Waals surface area contributed by atoms with Crippen molar-refractivity contribution >= 4 is 21.8 Å². The molecule has 0 unspecified atom stereocenters. The van der Waals surface area contributed by atoms with Gasteiger partial charge in [0.25, 0.3) is 0 Å². The molecule has 3 aromatic rings. The summed E-state index contributed by atoms with van der Waals surface area (Å²) < 4.78 is 2.14. The number of hydrogen-bond donors (Lipinski definition) is 1. The predicted molar refractivity (Wildman–Crippen MR) is 68.9 cm³/mol. The molecule has 86 valence electrons. The quantitative estimate of drug-likeness (QED) is 0.692. The van der Waals surface area contributed by atoms with Crippen LogP contribution in [0.3, 0.4) is 0 Å². The topological polar surface area (TPSA) is 38.1 Å². The SMILES string of the molecule is Cc1c(CO)ncc2c1c1ccccc1n2C. The number of nitrogens with zero attached hydrogens (tertiary/aromatic N) is 2. The molecule has 2 aromatic heterocycles. The van der Waals surface area contributed by atoms with Gasteiger partial charge in [0.05, 0.1) is 24.0 Å². The second kappa shape index (κ2) is 3.57. The zero-order chi connectivity index (χ0) is 12.0. The molecular formula is C14H14N2O. The van der Waals surface area contributed by atoms with Crippen LogP contribution in [0, 0.1) is 6.92 Å². The lowest BCUT2D eigenvalue weighted by Crippen LogP contribution is -1.95. The normalized spacial score (nSPS) is 11.5. The molecule has 3 heteroatoms. The van der Waals surface area contributed by atoms with E-state index in [-0.39, 0.29) is 6.61 Å². The van der Waals surface area contributed by atoms with Gasteiger partial charge in [-0.15, -0.1) is 0 Å². The highest BCUT2D eigenvalue weighted by Crippen LogP contribution is 2.30. The van der Waals surface area contributed by atoms with Crippen LogP contribution in [0.4, 0.5) is 0 Å². The van der Waals surface area contributed by atoms with Gasteiger partial charge < -0.3 is 9.67 Å². The molecule has 0 fully saturated rings. The van der Waals surface area contributed by atoms with E-state index in [9.17, 15) is 5.11 Å². The minimum atomic E-state index is -0.00893. The Morgan fingerprint density at radius 1 is 1.24 bits per heavy atom. The number of aliphatic hydroxyl groups excluding tert-OH is 1. The molecule has 0 saturated heterocycles. The lowest BCUT2D eigenvalue weighted by Gasteiger charge is -2.03. The van der Waals surface area contributed by atoms with Crippen LogP contribution in [0.2, 0.25) is 0 Å². The van der Waals surface area contributed by atoms with Crippen molar-refractivity contribution in [1.82, 2.24) is 9.55 Å². The van der Waals surface area contributed by atoms with Crippen molar-refractivity contribution in [2.75, 3.05) is 0 Å². The molecule has 0 aliphatic carbocycles. The number of aromatic nitrogens is 2. The van der Waals surface area contributed by atoms with Crippen LogP contribution in [-0.4, -0.2) is 14.7 Å². The van der Waals surface area contributed by atoms with E-state index in [1.54, 1.807) is 0 Å². The summed E-state index contributed by atoms with van der Waals surface area (Å²) >= 11 is 0. The van der Waals surface area contributed by atoms with E-state index in [2.05, 4.69) is 21.7 Å². The first-order valence-corrected chi connectivity index (χ1v) is 5.66. The van der Waals surface area contributed by atoms with Gasteiger partial charge in [0.2, 0.25) is 0 Å². The Balaban J connectivity index is 2.59. The van der Waals surface area contributed by atoms with Gasteiger partial charge in [-0.25, -0.2) is 0 Å². The number of fused-ring (bicyclic) bond motifs is 3. The minimum Gasteiger partial charge on any atom is -0.390 e. The number of benzene rings is 1.